The molecule has 0 atom stereocenters. The highest BCUT2D eigenvalue weighted by molar-refractivity contribution is 7.15. The highest BCUT2D eigenvalue weighted by atomic mass is 35.5. The van der Waals surface area contributed by atoms with Gasteiger partial charge in [0.2, 0.25) is 0 Å². The monoisotopic (exact) mass is 248 g/mol. The smallest absolute Gasteiger partial charge is 0.147 e. The van der Waals surface area contributed by atoms with Crippen LogP contribution in [0.1, 0.15) is 17.4 Å². The van der Waals surface area contributed by atoms with Gasteiger partial charge in [-0.05, 0) is 30.7 Å². The van der Waals surface area contributed by atoms with E-state index in [4.69, 9.17) is 16.9 Å². The van der Waals surface area contributed by atoms with Gasteiger partial charge < -0.3 is 0 Å². The standard InChI is InChI=1S/C12H9ClN2S/c1-2-9-4-6-11(16-9)10-5-3-8(7-14)12(13)15-10/h3-6H,2H2,1H3. The van der Waals surface area contributed by atoms with Gasteiger partial charge in [0, 0.05) is 4.88 Å². The molecular weight excluding hydrogens is 240 g/mol. The van der Waals surface area contributed by atoms with E-state index in [2.05, 4.69) is 18.0 Å². The van der Waals surface area contributed by atoms with Crippen LogP contribution in [0.4, 0.5) is 0 Å². The third-order valence-corrected chi connectivity index (χ3v) is 3.77. The lowest BCUT2D eigenvalue weighted by molar-refractivity contribution is 1.19. The summed E-state index contributed by atoms with van der Waals surface area (Å²) in [6.45, 7) is 2.12. The van der Waals surface area contributed by atoms with Gasteiger partial charge >= 0.3 is 0 Å². The van der Waals surface area contributed by atoms with Gasteiger partial charge in [-0.15, -0.1) is 11.3 Å². The zero-order valence-corrected chi connectivity index (χ0v) is 10.3. The number of pyridine rings is 1. The van der Waals surface area contributed by atoms with Gasteiger partial charge in [-0.1, -0.05) is 18.5 Å². The highest BCUT2D eigenvalue weighted by Gasteiger charge is 2.06. The van der Waals surface area contributed by atoms with Crippen molar-refractivity contribution in [2.45, 2.75) is 13.3 Å². The maximum atomic E-state index is 8.75. The van der Waals surface area contributed by atoms with Crippen LogP contribution >= 0.6 is 22.9 Å². The summed E-state index contributed by atoms with van der Waals surface area (Å²) in [7, 11) is 0. The lowest BCUT2D eigenvalue weighted by atomic mass is 10.2. The van der Waals surface area contributed by atoms with Gasteiger partial charge in [-0.2, -0.15) is 5.26 Å². The first-order valence-corrected chi connectivity index (χ1v) is 6.09. The Kier molecular flexibility index (Phi) is 3.23. The molecule has 2 heterocycles. The molecule has 0 radical (unpaired) electrons. The number of hydrogen-bond acceptors (Lipinski definition) is 3. The Morgan fingerprint density at radius 3 is 2.75 bits per heavy atom. The molecule has 0 saturated carbocycles. The summed E-state index contributed by atoms with van der Waals surface area (Å²) in [6, 6.07) is 9.66. The number of aromatic nitrogens is 1. The van der Waals surface area contributed by atoms with E-state index in [-0.39, 0.29) is 5.15 Å². The van der Waals surface area contributed by atoms with Crippen LogP contribution in [0.25, 0.3) is 10.6 Å². The lowest BCUT2D eigenvalue weighted by Gasteiger charge is -1.98. The van der Waals surface area contributed by atoms with Crippen LogP contribution in [0.15, 0.2) is 24.3 Å². The predicted molar refractivity (Wildman–Crippen MR) is 66.7 cm³/mol. The second kappa shape index (κ2) is 4.65. The molecule has 2 rings (SSSR count). The van der Waals surface area contributed by atoms with E-state index in [0.717, 1.165) is 17.0 Å². The van der Waals surface area contributed by atoms with Gasteiger partial charge in [0.05, 0.1) is 16.1 Å². The van der Waals surface area contributed by atoms with Crippen molar-refractivity contribution < 1.29 is 0 Å². The van der Waals surface area contributed by atoms with E-state index >= 15 is 0 Å². The first-order valence-electron chi connectivity index (χ1n) is 4.90. The molecule has 0 amide bonds. The molecule has 0 saturated heterocycles. The first-order chi connectivity index (χ1) is 7.74. The maximum Gasteiger partial charge on any atom is 0.147 e. The third kappa shape index (κ3) is 2.08. The molecule has 0 aliphatic rings. The average molecular weight is 249 g/mol. The van der Waals surface area contributed by atoms with Crippen LogP contribution in [0.3, 0.4) is 0 Å². The fourth-order valence-electron chi connectivity index (χ4n) is 1.36. The minimum atomic E-state index is 0.270. The Morgan fingerprint density at radius 2 is 2.19 bits per heavy atom. The van der Waals surface area contributed by atoms with Crippen molar-refractivity contribution in [2.24, 2.45) is 0 Å². The SMILES string of the molecule is CCc1ccc(-c2ccc(C#N)c(Cl)n2)s1. The zero-order chi connectivity index (χ0) is 11.5. The van der Waals surface area contributed by atoms with Crippen molar-refractivity contribution in [3.8, 4) is 16.6 Å². The summed E-state index contributed by atoms with van der Waals surface area (Å²) >= 11 is 7.60. The van der Waals surface area contributed by atoms with Crippen LogP contribution in [-0.2, 0) is 6.42 Å². The highest BCUT2D eigenvalue weighted by Crippen LogP contribution is 2.28. The molecular formula is C12H9ClN2S. The number of nitriles is 1. The van der Waals surface area contributed by atoms with E-state index < -0.39 is 0 Å². The number of aryl methyl sites for hydroxylation is 1. The molecule has 2 aromatic rings. The first kappa shape index (κ1) is 11.1. The zero-order valence-electron chi connectivity index (χ0n) is 8.70. The van der Waals surface area contributed by atoms with E-state index in [0.29, 0.717) is 5.56 Å². The van der Waals surface area contributed by atoms with Crippen molar-refractivity contribution in [1.29, 1.82) is 5.26 Å². The van der Waals surface area contributed by atoms with E-state index in [1.165, 1.54) is 4.88 Å². The summed E-state index contributed by atoms with van der Waals surface area (Å²) < 4.78 is 0. The molecule has 0 N–H and O–H groups in total. The Hall–Kier alpha value is -1.37. The van der Waals surface area contributed by atoms with E-state index in [1.54, 1.807) is 17.4 Å². The Bertz CT molecular complexity index is 554. The van der Waals surface area contributed by atoms with Crippen molar-refractivity contribution in [3.05, 3.63) is 39.9 Å². The molecule has 2 nitrogen and oxygen atoms in total. The van der Waals surface area contributed by atoms with Crippen LogP contribution in [0.5, 0.6) is 0 Å². The van der Waals surface area contributed by atoms with Gasteiger partial charge in [0.1, 0.15) is 11.2 Å². The van der Waals surface area contributed by atoms with Gasteiger partial charge in [0.15, 0.2) is 0 Å². The molecule has 0 bridgehead atoms. The quantitative estimate of drug-likeness (QED) is 0.756. The van der Waals surface area contributed by atoms with Gasteiger partial charge in [-0.25, -0.2) is 4.98 Å². The average Bonchev–Trinajstić information content (AvgIpc) is 2.77. The molecule has 0 unspecified atom stereocenters. The third-order valence-electron chi connectivity index (χ3n) is 2.23. The Labute approximate surface area is 103 Å². The van der Waals surface area contributed by atoms with Crippen molar-refractivity contribution in [3.63, 3.8) is 0 Å². The van der Waals surface area contributed by atoms with E-state index in [1.807, 2.05) is 18.2 Å². The summed E-state index contributed by atoms with van der Waals surface area (Å²) in [5.74, 6) is 0. The Balaban J connectivity index is 2.42. The largest absolute Gasteiger partial charge is 0.234 e. The lowest BCUT2D eigenvalue weighted by Crippen LogP contribution is -1.85. The molecule has 0 fully saturated rings. The number of thiophene rings is 1. The summed E-state index contributed by atoms with van der Waals surface area (Å²) in [6.07, 6.45) is 1.02. The molecule has 80 valence electrons. The van der Waals surface area contributed by atoms with Crippen LogP contribution in [0.2, 0.25) is 5.15 Å². The second-order valence-electron chi connectivity index (χ2n) is 3.27. The maximum absolute atomic E-state index is 8.75. The number of nitrogens with zero attached hydrogens (tertiary/aromatic N) is 2. The Morgan fingerprint density at radius 1 is 1.38 bits per heavy atom. The number of hydrogen-bond donors (Lipinski definition) is 0. The summed E-state index contributed by atoms with van der Waals surface area (Å²) in [5, 5.41) is 9.02. The normalized spacial score (nSPS) is 10.1. The number of halogens is 1. The molecule has 0 aromatic carbocycles. The molecule has 4 heteroatoms. The molecule has 0 aliphatic carbocycles. The van der Waals surface area contributed by atoms with Crippen molar-refractivity contribution in [2.75, 3.05) is 0 Å². The fourth-order valence-corrected chi connectivity index (χ4v) is 2.47. The van der Waals surface area contributed by atoms with Crippen molar-refractivity contribution >= 4 is 22.9 Å². The predicted octanol–water partition coefficient (Wildman–Crippen LogP) is 3.90. The van der Waals surface area contributed by atoms with Crippen LogP contribution in [-0.4, -0.2) is 4.98 Å². The van der Waals surface area contributed by atoms with Gasteiger partial charge in [-0.3, -0.25) is 0 Å². The second-order valence-corrected chi connectivity index (χ2v) is 4.79. The van der Waals surface area contributed by atoms with E-state index in [9.17, 15) is 0 Å². The van der Waals surface area contributed by atoms with Crippen molar-refractivity contribution in [1.82, 2.24) is 4.98 Å². The fraction of sp³-hybridized carbons (Fsp3) is 0.167. The molecule has 16 heavy (non-hydrogen) atoms. The van der Waals surface area contributed by atoms with Crippen LogP contribution < -0.4 is 0 Å². The molecule has 0 aliphatic heterocycles. The summed E-state index contributed by atoms with van der Waals surface area (Å²) in [5.41, 5.74) is 1.24. The minimum Gasteiger partial charge on any atom is -0.234 e. The topological polar surface area (TPSA) is 36.7 Å². The molecule has 0 spiro atoms. The van der Waals surface area contributed by atoms with Gasteiger partial charge in [0.25, 0.3) is 0 Å². The van der Waals surface area contributed by atoms with Crippen LogP contribution in [0, 0.1) is 11.3 Å². The summed E-state index contributed by atoms with van der Waals surface area (Å²) in [4.78, 5) is 6.62. The molecule has 2 aromatic heterocycles. The number of rotatable bonds is 2. The minimum absolute atomic E-state index is 0.270.